The Bertz CT molecular complexity index is 1090. The lowest BCUT2D eigenvalue weighted by Gasteiger charge is -2.43. The normalized spacial score (nSPS) is 23.1. The fourth-order valence-electron chi connectivity index (χ4n) is 8.34. The van der Waals surface area contributed by atoms with Crippen LogP contribution < -0.4 is 15.3 Å². The van der Waals surface area contributed by atoms with Crippen LogP contribution in [0.5, 0.6) is 0 Å². The van der Waals surface area contributed by atoms with Gasteiger partial charge in [-0.15, -0.1) is 0 Å². The lowest BCUT2D eigenvalue weighted by atomic mass is 9.32. The molecule has 2 nitrogen and oxygen atoms in total. The Hall–Kier alpha value is -2.16. The minimum absolute atomic E-state index is 0.693. The SMILES string of the molecule is CCCC1CCCN(C2CCCCC2)c2cc(-c3ccccc3)cc3c2B1CCCCCN3C1=CCCC1. The first kappa shape index (κ1) is 26.1. The van der Waals surface area contributed by atoms with E-state index < -0.39 is 0 Å². The molecule has 38 heavy (non-hydrogen) atoms. The largest absolute Gasteiger partial charge is 0.369 e. The van der Waals surface area contributed by atoms with Gasteiger partial charge in [0.15, 0.2) is 6.71 Å². The first-order chi connectivity index (χ1) is 18.8. The number of hydrogen-bond acceptors (Lipinski definition) is 2. The van der Waals surface area contributed by atoms with E-state index in [0.717, 1.165) is 5.82 Å². The Morgan fingerprint density at radius 1 is 0.789 bits per heavy atom. The van der Waals surface area contributed by atoms with Gasteiger partial charge in [-0.05, 0) is 73.7 Å². The van der Waals surface area contributed by atoms with Gasteiger partial charge >= 0.3 is 0 Å². The standard InChI is InChI=1S/C35H49BN2/c1-2-15-30-18-14-25-38(31-19-8-4-9-20-31)34-27-29(28-16-6-3-7-17-28)26-33-35(34)36(30)23-12-5-13-24-37(33)32-21-10-11-22-32/h3,6-7,16-17,21,26-27,30-31H,2,4-5,8-15,18-20,22-25H2,1H3. The van der Waals surface area contributed by atoms with Gasteiger partial charge in [-0.1, -0.05) is 107 Å². The maximum Gasteiger partial charge on any atom is 0.184 e. The molecule has 6 rings (SSSR count). The predicted octanol–water partition coefficient (Wildman–Crippen LogP) is 9.22. The summed E-state index contributed by atoms with van der Waals surface area (Å²) in [6.45, 7) is 5.53. The summed E-state index contributed by atoms with van der Waals surface area (Å²) in [4.78, 5) is 5.76. The van der Waals surface area contributed by atoms with Crippen molar-refractivity contribution >= 4 is 23.6 Å². The van der Waals surface area contributed by atoms with Crippen molar-refractivity contribution in [2.75, 3.05) is 22.9 Å². The van der Waals surface area contributed by atoms with Crippen molar-refractivity contribution in [3.8, 4) is 11.1 Å². The number of anilines is 2. The van der Waals surface area contributed by atoms with Crippen LogP contribution in [0.3, 0.4) is 0 Å². The quantitative estimate of drug-likeness (QED) is 0.372. The molecule has 0 aromatic heterocycles. The van der Waals surface area contributed by atoms with Crippen LogP contribution in [-0.4, -0.2) is 25.8 Å². The highest BCUT2D eigenvalue weighted by atomic mass is 15.2. The molecule has 2 aromatic rings. The summed E-state index contributed by atoms with van der Waals surface area (Å²) in [6.07, 6.45) is 24.3. The fraction of sp³-hybridized carbons (Fsp3) is 0.600. The Morgan fingerprint density at radius 2 is 1.61 bits per heavy atom. The zero-order valence-corrected chi connectivity index (χ0v) is 24.0. The van der Waals surface area contributed by atoms with Crippen LogP contribution in [-0.2, 0) is 0 Å². The lowest BCUT2D eigenvalue weighted by molar-refractivity contribution is 0.409. The molecule has 2 aliphatic carbocycles. The van der Waals surface area contributed by atoms with Gasteiger partial charge in [0.2, 0.25) is 0 Å². The smallest absolute Gasteiger partial charge is 0.184 e. The molecule has 0 saturated heterocycles. The van der Waals surface area contributed by atoms with E-state index in [0.29, 0.717) is 12.8 Å². The van der Waals surface area contributed by atoms with E-state index in [-0.39, 0.29) is 0 Å². The second-order valence-corrected chi connectivity index (χ2v) is 12.7. The summed E-state index contributed by atoms with van der Waals surface area (Å²) in [5.74, 6) is 0.825. The lowest BCUT2D eigenvalue weighted by Crippen LogP contribution is -2.48. The van der Waals surface area contributed by atoms with Gasteiger partial charge in [0.1, 0.15) is 0 Å². The van der Waals surface area contributed by atoms with Gasteiger partial charge in [0.05, 0.1) is 0 Å². The number of allylic oxidation sites excluding steroid dienone is 2. The third-order valence-corrected chi connectivity index (χ3v) is 10.2. The number of rotatable bonds is 5. The van der Waals surface area contributed by atoms with Gasteiger partial charge in [-0.2, -0.15) is 0 Å². The second kappa shape index (κ2) is 12.4. The predicted molar refractivity (Wildman–Crippen MR) is 167 cm³/mol. The Labute approximate surface area is 233 Å². The molecule has 1 fully saturated rings. The zero-order valence-electron chi connectivity index (χ0n) is 24.0. The minimum atomic E-state index is 0.693. The highest BCUT2D eigenvalue weighted by molar-refractivity contribution is 6.77. The molecule has 2 heterocycles. The molecule has 0 radical (unpaired) electrons. The van der Waals surface area contributed by atoms with Gasteiger partial charge in [-0.3, -0.25) is 0 Å². The Balaban J connectivity index is 1.59. The molecule has 202 valence electrons. The van der Waals surface area contributed by atoms with Crippen LogP contribution in [0.25, 0.3) is 11.1 Å². The van der Waals surface area contributed by atoms with E-state index in [4.69, 9.17) is 0 Å². The van der Waals surface area contributed by atoms with Gasteiger partial charge in [0.25, 0.3) is 0 Å². The molecule has 0 N–H and O–H groups in total. The van der Waals surface area contributed by atoms with Crippen molar-refractivity contribution in [1.29, 1.82) is 0 Å². The van der Waals surface area contributed by atoms with E-state index in [1.807, 2.05) is 0 Å². The molecule has 1 atom stereocenters. The molecule has 4 aliphatic rings. The average Bonchev–Trinajstić information content (AvgIpc) is 3.51. The summed E-state index contributed by atoms with van der Waals surface area (Å²) in [5.41, 5.74) is 9.34. The highest BCUT2D eigenvalue weighted by Gasteiger charge is 2.37. The first-order valence-corrected chi connectivity index (χ1v) is 16.3. The topological polar surface area (TPSA) is 6.48 Å². The first-order valence-electron chi connectivity index (χ1n) is 16.3. The van der Waals surface area contributed by atoms with E-state index in [9.17, 15) is 0 Å². The highest BCUT2D eigenvalue weighted by Crippen LogP contribution is 2.41. The summed E-state index contributed by atoms with van der Waals surface area (Å²) >= 11 is 0. The summed E-state index contributed by atoms with van der Waals surface area (Å²) in [7, 11) is 0. The van der Waals surface area contributed by atoms with Crippen LogP contribution in [0, 0.1) is 0 Å². The van der Waals surface area contributed by atoms with E-state index in [1.165, 1.54) is 127 Å². The Kier molecular flexibility index (Phi) is 8.48. The summed E-state index contributed by atoms with van der Waals surface area (Å²) < 4.78 is 0. The molecule has 1 saturated carbocycles. The van der Waals surface area contributed by atoms with Crippen LogP contribution in [0.1, 0.15) is 103 Å². The molecule has 0 bridgehead atoms. The zero-order chi connectivity index (χ0) is 25.7. The van der Waals surface area contributed by atoms with Crippen LogP contribution in [0.4, 0.5) is 11.4 Å². The fourth-order valence-corrected chi connectivity index (χ4v) is 8.34. The maximum atomic E-state index is 2.94. The van der Waals surface area contributed by atoms with Crippen LogP contribution in [0.15, 0.2) is 54.2 Å². The molecule has 3 heteroatoms. The molecule has 0 amide bonds. The van der Waals surface area contributed by atoms with Crippen LogP contribution >= 0.6 is 0 Å². The summed E-state index contributed by atoms with van der Waals surface area (Å²) in [5, 5.41) is 0. The van der Waals surface area contributed by atoms with E-state index in [2.05, 4.69) is 65.3 Å². The number of hydrogen-bond donors (Lipinski definition) is 0. The van der Waals surface area contributed by atoms with E-state index in [1.54, 1.807) is 22.5 Å². The Morgan fingerprint density at radius 3 is 2.39 bits per heavy atom. The molecule has 0 spiro atoms. The van der Waals surface area contributed by atoms with Crippen molar-refractivity contribution in [2.45, 2.75) is 121 Å². The van der Waals surface area contributed by atoms with Crippen molar-refractivity contribution < 1.29 is 0 Å². The molecule has 1 unspecified atom stereocenters. The molecular weight excluding hydrogens is 459 g/mol. The van der Waals surface area contributed by atoms with Crippen molar-refractivity contribution in [1.82, 2.24) is 0 Å². The van der Waals surface area contributed by atoms with Crippen LogP contribution in [0.2, 0.25) is 12.1 Å². The van der Waals surface area contributed by atoms with Gasteiger partial charge in [0, 0.05) is 36.2 Å². The van der Waals surface area contributed by atoms with Gasteiger partial charge < -0.3 is 9.80 Å². The van der Waals surface area contributed by atoms with Crippen molar-refractivity contribution in [3.05, 3.63) is 54.2 Å². The molecule has 2 aromatic carbocycles. The van der Waals surface area contributed by atoms with Crippen molar-refractivity contribution in [3.63, 3.8) is 0 Å². The van der Waals surface area contributed by atoms with Gasteiger partial charge in [-0.25, -0.2) is 0 Å². The molecular formula is C35H49BN2. The average molecular weight is 509 g/mol. The summed E-state index contributed by atoms with van der Waals surface area (Å²) in [6, 6.07) is 17.2. The monoisotopic (exact) mass is 508 g/mol. The minimum Gasteiger partial charge on any atom is -0.369 e. The second-order valence-electron chi connectivity index (χ2n) is 12.7. The third-order valence-electron chi connectivity index (χ3n) is 10.2. The van der Waals surface area contributed by atoms with Crippen molar-refractivity contribution in [2.24, 2.45) is 0 Å². The molecule has 2 aliphatic heterocycles. The number of nitrogens with zero attached hydrogens (tertiary/aromatic N) is 2. The maximum absolute atomic E-state index is 2.94. The third kappa shape index (κ3) is 5.45. The van der Waals surface area contributed by atoms with E-state index >= 15 is 0 Å². The number of benzene rings is 2.